The summed E-state index contributed by atoms with van der Waals surface area (Å²) in [6.07, 6.45) is 1.84. The lowest BCUT2D eigenvalue weighted by atomic mass is 10.1. The first-order valence-electron chi connectivity index (χ1n) is 6.07. The number of nitrogens with zero attached hydrogens (tertiary/aromatic N) is 1. The Balaban J connectivity index is 3.07. The third-order valence-electron chi connectivity index (χ3n) is 2.05. The molecule has 0 saturated heterocycles. The number of hydrogen-bond acceptors (Lipinski definition) is 2. The Hall–Kier alpha value is -1.59. The van der Waals surface area contributed by atoms with E-state index in [1.165, 1.54) is 0 Å². The fourth-order valence-corrected chi connectivity index (χ4v) is 1.21. The molecule has 1 rings (SSSR count). The first kappa shape index (κ1) is 14.5. The summed E-state index contributed by atoms with van der Waals surface area (Å²) in [6.45, 7) is 9.50. The van der Waals surface area contributed by atoms with Gasteiger partial charge in [-0.1, -0.05) is 30.0 Å². The molecule has 2 heteroatoms. The Morgan fingerprint density at radius 2 is 1.72 bits per heavy atom. The van der Waals surface area contributed by atoms with Crippen LogP contribution < -0.4 is 0 Å². The molecule has 18 heavy (non-hydrogen) atoms. The summed E-state index contributed by atoms with van der Waals surface area (Å²) in [7, 11) is 0. The topological polar surface area (TPSA) is 32.6 Å². The summed E-state index contributed by atoms with van der Waals surface area (Å²) in [5, 5.41) is 9.62. The monoisotopic (exact) mass is 243 g/mol. The van der Waals surface area contributed by atoms with Gasteiger partial charge in [-0.3, -0.25) is 4.99 Å². The largest absolute Gasteiger partial charge is 0.378 e. The lowest BCUT2D eigenvalue weighted by molar-refractivity contribution is 0.143. The molecule has 0 amide bonds. The van der Waals surface area contributed by atoms with E-state index in [-0.39, 0.29) is 5.54 Å². The van der Waals surface area contributed by atoms with Gasteiger partial charge in [-0.2, -0.15) is 0 Å². The molecule has 0 aliphatic heterocycles. The van der Waals surface area contributed by atoms with Crippen molar-refractivity contribution in [1.82, 2.24) is 0 Å². The van der Waals surface area contributed by atoms with E-state index in [0.29, 0.717) is 0 Å². The second kappa shape index (κ2) is 5.37. The van der Waals surface area contributed by atoms with Crippen molar-refractivity contribution in [3.63, 3.8) is 0 Å². The third kappa shape index (κ3) is 5.65. The van der Waals surface area contributed by atoms with Crippen molar-refractivity contribution >= 4 is 6.21 Å². The van der Waals surface area contributed by atoms with Crippen molar-refractivity contribution in [2.45, 2.75) is 45.8 Å². The maximum absolute atomic E-state index is 9.62. The van der Waals surface area contributed by atoms with E-state index < -0.39 is 5.60 Å². The van der Waals surface area contributed by atoms with Crippen LogP contribution in [0.3, 0.4) is 0 Å². The average molecular weight is 243 g/mol. The van der Waals surface area contributed by atoms with Gasteiger partial charge in [0.25, 0.3) is 0 Å². The summed E-state index contributed by atoms with van der Waals surface area (Å²) in [5.74, 6) is 5.82. The zero-order valence-corrected chi connectivity index (χ0v) is 11.8. The maximum Gasteiger partial charge on any atom is 0.120 e. The van der Waals surface area contributed by atoms with Crippen LogP contribution in [-0.4, -0.2) is 22.5 Å². The predicted octanol–water partition coefficient (Wildman–Crippen LogP) is 3.03. The lowest BCUT2D eigenvalue weighted by Crippen LogP contribution is -2.14. The molecule has 1 N–H and O–H groups in total. The number of benzene rings is 1. The highest BCUT2D eigenvalue weighted by Gasteiger charge is 2.07. The molecule has 1 aromatic rings. The predicted molar refractivity (Wildman–Crippen MR) is 77.0 cm³/mol. The molecule has 0 aromatic heterocycles. The molecule has 0 atom stereocenters. The fourth-order valence-electron chi connectivity index (χ4n) is 1.21. The van der Waals surface area contributed by atoms with Gasteiger partial charge in [0.05, 0.1) is 5.54 Å². The highest BCUT2D eigenvalue weighted by Crippen LogP contribution is 2.10. The van der Waals surface area contributed by atoms with Gasteiger partial charge < -0.3 is 5.11 Å². The van der Waals surface area contributed by atoms with Gasteiger partial charge in [0, 0.05) is 17.3 Å². The van der Waals surface area contributed by atoms with Crippen LogP contribution in [0.25, 0.3) is 0 Å². The van der Waals surface area contributed by atoms with E-state index in [1.54, 1.807) is 13.8 Å². The van der Waals surface area contributed by atoms with Crippen LogP contribution >= 0.6 is 0 Å². The average Bonchev–Trinajstić information content (AvgIpc) is 2.22. The van der Waals surface area contributed by atoms with Gasteiger partial charge in [0.1, 0.15) is 5.60 Å². The standard InChI is InChI=1S/C16H21NO/c1-15(2,3)17-12-14-9-7-6-8-13(14)10-11-16(4,5)18/h6-9,12,18H,1-5H3. The molecule has 0 aliphatic rings. The summed E-state index contributed by atoms with van der Waals surface area (Å²) in [6, 6.07) is 7.80. The number of rotatable bonds is 1. The number of hydrogen-bond donors (Lipinski definition) is 1. The highest BCUT2D eigenvalue weighted by atomic mass is 16.3. The van der Waals surface area contributed by atoms with E-state index in [4.69, 9.17) is 0 Å². The van der Waals surface area contributed by atoms with Crippen molar-refractivity contribution in [1.29, 1.82) is 0 Å². The molecular formula is C16H21NO. The Morgan fingerprint density at radius 1 is 1.11 bits per heavy atom. The van der Waals surface area contributed by atoms with Crippen LogP contribution in [0.15, 0.2) is 29.3 Å². The Labute approximate surface area is 110 Å². The van der Waals surface area contributed by atoms with E-state index >= 15 is 0 Å². The zero-order chi connectivity index (χ0) is 13.8. The zero-order valence-electron chi connectivity index (χ0n) is 11.8. The van der Waals surface area contributed by atoms with Gasteiger partial charge >= 0.3 is 0 Å². The SMILES string of the molecule is CC(C)(O)C#Cc1ccccc1C=NC(C)(C)C. The van der Waals surface area contributed by atoms with Crippen LogP contribution in [-0.2, 0) is 0 Å². The van der Waals surface area contributed by atoms with E-state index in [9.17, 15) is 5.11 Å². The highest BCUT2D eigenvalue weighted by molar-refractivity contribution is 5.83. The number of aliphatic imine (C=N–C) groups is 1. The first-order chi connectivity index (χ1) is 8.17. The van der Waals surface area contributed by atoms with E-state index in [2.05, 4.69) is 37.6 Å². The molecular weight excluding hydrogens is 222 g/mol. The molecule has 0 spiro atoms. The molecule has 0 radical (unpaired) electrons. The summed E-state index contributed by atoms with van der Waals surface area (Å²) < 4.78 is 0. The summed E-state index contributed by atoms with van der Waals surface area (Å²) in [4.78, 5) is 4.48. The minimum Gasteiger partial charge on any atom is -0.378 e. The molecule has 0 bridgehead atoms. The Bertz CT molecular complexity index is 490. The minimum absolute atomic E-state index is 0.100. The van der Waals surface area contributed by atoms with Crippen molar-refractivity contribution in [2.75, 3.05) is 0 Å². The van der Waals surface area contributed by atoms with Crippen LogP contribution in [0.2, 0.25) is 0 Å². The van der Waals surface area contributed by atoms with E-state index in [1.807, 2.05) is 30.5 Å². The molecule has 0 saturated carbocycles. The Kier molecular flexibility index (Phi) is 4.32. The van der Waals surface area contributed by atoms with Gasteiger partial charge in [0.2, 0.25) is 0 Å². The molecule has 96 valence electrons. The quantitative estimate of drug-likeness (QED) is 0.597. The van der Waals surface area contributed by atoms with Gasteiger partial charge in [0.15, 0.2) is 0 Å². The fraction of sp³-hybridized carbons (Fsp3) is 0.438. The van der Waals surface area contributed by atoms with Crippen LogP contribution in [0.5, 0.6) is 0 Å². The van der Waals surface area contributed by atoms with Crippen LogP contribution in [0.1, 0.15) is 45.7 Å². The number of aliphatic hydroxyl groups is 1. The summed E-state index contributed by atoms with van der Waals surface area (Å²) in [5.41, 5.74) is 0.780. The smallest absolute Gasteiger partial charge is 0.120 e. The second-order valence-electron chi connectivity index (χ2n) is 5.83. The van der Waals surface area contributed by atoms with Crippen molar-refractivity contribution in [3.05, 3.63) is 35.4 Å². The molecule has 0 heterocycles. The second-order valence-corrected chi connectivity index (χ2v) is 5.83. The van der Waals surface area contributed by atoms with Crippen molar-refractivity contribution < 1.29 is 5.11 Å². The molecule has 0 aliphatic carbocycles. The van der Waals surface area contributed by atoms with Crippen LogP contribution in [0.4, 0.5) is 0 Å². The molecule has 1 aromatic carbocycles. The van der Waals surface area contributed by atoms with Gasteiger partial charge in [-0.05, 0) is 40.7 Å². The maximum atomic E-state index is 9.62. The molecule has 2 nitrogen and oxygen atoms in total. The van der Waals surface area contributed by atoms with Crippen molar-refractivity contribution in [2.24, 2.45) is 4.99 Å². The van der Waals surface area contributed by atoms with Gasteiger partial charge in [-0.25, -0.2) is 0 Å². The van der Waals surface area contributed by atoms with Gasteiger partial charge in [-0.15, -0.1) is 0 Å². The van der Waals surface area contributed by atoms with Crippen LogP contribution in [0, 0.1) is 11.8 Å². The summed E-state index contributed by atoms with van der Waals surface area (Å²) >= 11 is 0. The first-order valence-corrected chi connectivity index (χ1v) is 6.07. The Morgan fingerprint density at radius 3 is 2.28 bits per heavy atom. The molecule has 0 fully saturated rings. The normalized spacial score (nSPS) is 12.3. The lowest BCUT2D eigenvalue weighted by Gasteiger charge is -2.11. The molecule has 0 unspecified atom stereocenters. The van der Waals surface area contributed by atoms with E-state index in [0.717, 1.165) is 11.1 Å². The van der Waals surface area contributed by atoms with Crippen molar-refractivity contribution in [3.8, 4) is 11.8 Å². The third-order valence-corrected chi connectivity index (χ3v) is 2.05. The minimum atomic E-state index is -0.978.